The molecule has 0 bridgehead atoms. The van der Waals surface area contributed by atoms with E-state index in [1.165, 1.54) is 12.1 Å². The Morgan fingerprint density at radius 2 is 1.71 bits per heavy atom. The number of ether oxygens (including phenoxy) is 1. The van der Waals surface area contributed by atoms with Crippen LogP contribution in [-0.4, -0.2) is 30.5 Å². The van der Waals surface area contributed by atoms with E-state index in [2.05, 4.69) is 10.1 Å². The van der Waals surface area contributed by atoms with Crippen LogP contribution in [0.25, 0.3) is 0 Å². The van der Waals surface area contributed by atoms with Crippen molar-refractivity contribution in [1.82, 2.24) is 5.32 Å². The number of hydrogen-bond acceptors (Lipinski definition) is 5. The number of esters is 1. The van der Waals surface area contributed by atoms with Crippen molar-refractivity contribution in [3.63, 3.8) is 0 Å². The minimum absolute atomic E-state index is 0.0838. The van der Waals surface area contributed by atoms with E-state index in [1.54, 1.807) is 0 Å². The van der Waals surface area contributed by atoms with E-state index in [4.69, 9.17) is 0 Å². The molecule has 28 heavy (non-hydrogen) atoms. The maximum atomic E-state index is 12.5. The van der Waals surface area contributed by atoms with Crippen LogP contribution in [0.5, 0.6) is 0 Å². The molecule has 0 fully saturated rings. The number of nitro groups is 1. The van der Waals surface area contributed by atoms with Crippen LogP contribution in [0.15, 0.2) is 42.5 Å². The quantitative estimate of drug-likeness (QED) is 0.459. The summed E-state index contributed by atoms with van der Waals surface area (Å²) in [5, 5.41) is 13.5. The Balaban J connectivity index is 2.05. The van der Waals surface area contributed by atoms with E-state index in [-0.39, 0.29) is 24.1 Å². The van der Waals surface area contributed by atoms with E-state index >= 15 is 0 Å². The maximum Gasteiger partial charge on any atom is 0.416 e. The van der Waals surface area contributed by atoms with Gasteiger partial charge in [-0.15, -0.1) is 0 Å². The van der Waals surface area contributed by atoms with Gasteiger partial charge in [0, 0.05) is 24.2 Å². The number of non-ortho nitro benzene ring substituents is 1. The lowest BCUT2D eigenvalue weighted by atomic mass is 10.1. The van der Waals surface area contributed by atoms with Crippen LogP contribution < -0.4 is 5.32 Å². The molecule has 2 rings (SSSR count). The summed E-state index contributed by atoms with van der Waals surface area (Å²) in [6, 6.07) is 7.66. The van der Waals surface area contributed by atoms with Gasteiger partial charge in [0.05, 0.1) is 23.2 Å². The minimum Gasteiger partial charge on any atom is -0.465 e. The van der Waals surface area contributed by atoms with E-state index in [1.807, 2.05) is 0 Å². The molecule has 10 heteroatoms. The number of amides is 1. The highest BCUT2D eigenvalue weighted by Gasteiger charge is 2.29. The number of halogens is 3. The lowest BCUT2D eigenvalue weighted by Gasteiger charge is -2.09. The fourth-order valence-corrected chi connectivity index (χ4v) is 2.37. The minimum atomic E-state index is -4.42. The Hall–Kier alpha value is -3.43. The number of nitrogens with zero attached hydrogens (tertiary/aromatic N) is 1. The Labute approximate surface area is 157 Å². The number of carbonyl (C=O) groups excluding carboxylic acids is 2. The molecule has 0 aliphatic rings. The molecule has 1 amide bonds. The standard InChI is InChI=1S/C18H15F3N2O5/c1-28-17(25)13-8-12(9-15(10-13)23(26)27)16(24)22-7-6-11-2-4-14(5-3-11)18(19,20)21/h2-5,8-10H,6-7H2,1H3,(H,22,24). The number of hydrogen-bond donors (Lipinski definition) is 1. The highest BCUT2D eigenvalue weighted by atomic mass is 19.4. The van der Waals surface area contributed by atoms with Gasteiger partial charge in [-0.05, 0) is 30.2 Å². The first kappa shape index (κ1) is 20.9. The Morgan fingerprint density at radius 1 is 1.11 bits per heavy atom. The zero-order chi connectivity index (χ0) is 20.9. The van der Waals surface area contributed by atoms with Crippen molar-refractivity contribution in [2.45, 2.75) is 12.6 Å². The van der Waals surface area contributed by atoms with E-state index in [0.717, 1.165) is 37.4 Å². The number of carbonyl (C=O) groups is 2. The molecule has 0 saturated carbocycles. The number of alkyl halides is 3. The van der Waals surface area contributed by atoms with Gasteiger partial charge in [0.25, 0.3) is 11.6 Å². The van der Waals surface area contributed by atoms with E-state index in [9.17, 15) is 32.9 Å². The molecule has 1 N–H and O–H groups in total. The van der Waals surface area contributed by atoms with Crippen LogP contribution in [-0.2, 0) is 17.3 Å². The van der Waals surface area contributed by atoms with Crippen molar-refractivity contribution < 1.29 is 32.4 Å². The third-order valence-corrected chi connectivity index (χ3v) is 3.79. The second kappa shape index (κ2) is 8.51. The van der Waals surface area contributed by atoms with Crippen LogP contribution in [0.1, 0.15) is 31.8 Å². The third kappa shape index (κ3) is 5.29. The van der Waals surface area contributed by atoms with Crippen molar-refractivity contribution >= 4 is 17.6 Å². The molecule has 0 spiro atoms. The molecular formula is C18H15F3N2O5. The summed E-state index contributed by atoms with van der Waals surface area (Å²) in [5.41, 5.74) is -0.905. The lowest BCUT2D eigenvalue weighted by molar-refractivity contribution is -0.384. The molecule has 0 radical (unpaired) electrons. The number of nitro benzene ring substituents is 1. The van der Waals surface area contributed by atoms with Crippen LogP contribution in [0.4, 0.5) is 18.9 Å². The lowest BCUT2D eigenvalue weighted by Crippen LogP contribution is -2.26. The highest BCUT2D eigenvalue weighted by molar-refractivity contribution is 5.98. The number of nitrogens with one attached hydrogen (secondary N) is 1. The molecule has 148 valence electrons. The van der Waals surface area contributed by atoms with Gasteiger partial charge in [-0.2, -0.15) is 13.2 Å². The largest absolute Gasteiger partial charge is 0.465 e. The second-order valence-corrected chi connectivity index (χ2v) is 5.72. The molecule has 0 aromatic heterocycles. The summed E-state index contributed by atoms with van der Waals surface area (Å²) in [4.78, 5) is 34.1. The van der Waals surface area contributed by atoms with Gasteiger partial charge in [-0.25, -0.2) is 4.79 Å². The van der Waals surface area contributed by atoms with Crippen LogP contribution in [0.3, 0.4) is 0 Å². The Kier molecular flexibility index (Phi) is 6.34. The summed E-state index contributed by atoms with van der Waals surface area (Å²) in [5.74, 6) is -1.50. The first-order valence-electron chi connectivity index (χ1n) is 7.94. The van der Waals surface area contributed by atoms with Crippen LogP contribution in [0.2, 0.25) is 0 Å². The molecule has 0 unspecified atom stereocenters. The van der Waals surface area contributed by atoms with Crippen molar-refractivity contribution in [3.8, 4) is 0 Å². The topological polar surface area (TPSA) is 98.5 Å². The van der Waals surface area contributed by atoms with E-state index in [0.29, 0.717) is 5.56 Å². The van der Waals surface area contributed by atoms with Crippen LogP contribution in [0, 0.1) is 10.1 Å². The number of methoxy groups -OCH3 is 1. The van der Waals surface area contributed by atoms with E-state index < -0.39 is 34.2 Å². The molecule has 0 atom stereocenters. The monoisotopic (exact) mass is 396 g/mol. The average molecular weight is 396 g/mol. The molecule has 0 aliphatic carbocycles. The molecular weight excluding hydrogens is 381 g/mol. The summed E-state index contributed by atoms with van der Waals surface area (Å²) in [6.07, 6.45) is -4.17. The van der Waals surface area contributed by atoms with Gasteiger partial charge in [-0.3, -0.25) is 14.9 Å². The van der Waals surface area contributed by atoms with Crippen molar-refractivity contribution in [3.05, 3.63) is 74.8 Å². The summed E-state index contributed by atoms with van der Waals surface area (Å²) >= 11 is 0. The molecule has 0 saturated heterocycles. The molecule has 0 heterocycles. The first-order chi connectivity index (χ1) is 13.1. The van der Waals surface area contributed by atoms with Gasteiger partial charge in [0.15, 0.2) is 0 Å². The van der Waals surface area contributed by atoms with Gasteiger partial charge >= 0.3 is 12.1 Å². The predicted octanol–water partition coefficient (Wildman–Crippen LogP) is 3.37. The maximum absolute atomic E-state index is 12.5. The van der Waals surface area contributed by atoms with Crippen molar-refractivity contribution in [2.75, 3.05) is 13.7 Å². The fraction of sp³-hybridized carbons (Fsp3) is 0.222. The summed E-state index contributed by atoms with van der Waals surface area (Å²) in [6.45, 7) is 0.0838. The number of rotatable bonds is 6. The van der Waals surface area contributed by atoms with Gasteiger partial charge in [-0.1, -0.05) is 12.1 Å². The van der Waals surface area contributed by atoms with Crippen molar-refractivity contribution in [2.24, 2.45) is 0 Å². The van der Waals surface area contributed by atoms with Gasteiger partial charge < -0.3 is 10.1 Å². The summed E-state index contributed by atoms with van der Waals surface area (Å²) in [7, 11) is 1.10. The van der Waals surface area contributed by atoms with Crippen LogP contribution >= 0.6 is 0 Å². The third-order valence-electron chi connectivity index (χ3n) is 3.79. The SMILES string of the molecule is COC(=O)c1cc(C(=O)NCCc2ccc(C(F)(F)F)cc2)cc([N+](=O)[O-])c1. The molecule has 2 aromatic rings. The second-order valence-electron chi connectivity index (χ2n) is 5.72. The summed E-state index contributed by atoms with van der Waals surface area (Å²) < 4.78 is 42.1. The Bertz CT molecular complexity index is 895. The zero-order valence-electron chi connectivity index (χ0n) is 14.6. The number of benzene rings is 2. The Morgan fingerprint density at radius 3 is 2.25 bits per heavy atom. The first-order valence-corrected chi connectivity index (χ1v) is 7.94. The zero-order valence-corrected chi connectivity index (χ0v) is 14.6. The molecule has 2 aromatic carbocycles. The smallest absolute Gasteiger partial charge is 0.416 e. The van der Waals surface area contributed by atoms with Gasteiger partial charge in [0.2, 0.25) is 0 Å². The highest BCUT2D eigenvalue weighted by Crippen LogP contribution is 2.29. The normalized spacial score (nSPS) is 11.0. The predicted molar refractivity (Wildman–Crippen MR) is 91.9 cm³/mol. The molecule has 7 nitrogen and oxygen atoms in total. The van der Waals surface area contributed by atoms with Crippen molar-refractivity contribution in [1.29, 1.82) is 0 Å². The fourth-order valence-electron chi connectivity index (χ4n) is 2.37. The average Bonchev–Trinajstić information content (AvgIpc) is 2.66. The van der Waals surface area contributed by atoms with Gasteiger partial charge in [0.1, 0.15) is 0 Å². The molecule has 0 aliphatic heterocycles.